The predicted molar refractivity (Wildman–Crippen MR) is 134 cm³/mol. The molecule has 1 N–H and O–H groups in total. The zero-order valence-corrected chi connectivity index (χ0v) is 20.1. The molecule has 0 aliphatic rings. The van der Waals surface area contributed by atoms with Crippen molar-refractivity contribution in [3.8, 4) is 5.69 Å². The number of aryl methyl sites for hydroxylation is 1. The van der Waals surface area contributed by atoms with Crippen molar-refractivity contribution in [1.82, 2.24) is 14.1 Å². The Balaban J connectivity index is 1.50. The van der Waals surface area contributed by atoms with Gasteiger partial charge < -0.3 is 5.32 Å². The Kier molecular flexibility index (Phi) is 6.90. The van der Waals surface area contributed by atoms with Crippen molar-refractivity contribution < 1.29 is 13.2 Å². The molecule has 0 fully saturated rings. The third kappa shape index (κ3) is 5.53. The van der Waals surface area contributed by atoms with E-state index in [1.807, 2.05) is 61.5 Å². The second kappa shape index (κ2) is 10.0. The number of nitrogens with one attached hydrogen (secondary N) is 1. The van der Waals surface area contributed by atoms with E-state index in [1.54, 1.807) is 0 Å². The summed E-state index contributed by atoms with van der Waals surface area (Å²) >= 11 is 0. The molecule has 0 bridgehead atoms. The van der Waals surface area contributed by atoms with Gasteiger partial charge in [-0.3, -0.25) is 9.59 Å². The Morgan fingerprint density at radius 2 is 1.60 bits per heavy atom. The average molecular weight is 489 g/mol. The van der Waals surface area contributed by atoms with Gasteiger partial charge in [0.2, 0.25) is 15.5 Å². The van der Waals surface area contributed by atoms with Crippen molar-refractivity contribution in [2.45, 2.75) is 18.4 Å². The second-order valence-corrected chi connectivity index (χ2v) is 10.1. The Bertz CT molecular complexity index is 1500. The normalized spacial score (nSPS) is 11.4. The quantitative estimate of drug-likeness (QED) is 0.428. The lowest BCUT2D eigenvalue weighted by Gasteiger charge is -2.17. The van der Waals surface area contributed by atoms with Crippen LogP contribution in [0.4, 0.5) is 5.69 Å². The Labute approximate surface area is 203 Å². The van der Waals surface area contributed by atoms with Crippen LogP contribution in [-0.2, 0) is 16.6 Å². The number of amides is 1. The van der Waals surface area contributed by atoms with Gasteiger partial charge in [-0.25, -0.2) is 13.1 Å². The fourth-order valence-corrected chi connectivity index (χ4v) is 4.57. The van der Waals surface area contributed by atoms with E-state index in [9.17, 15) is 18.0 Å². The van der Waals surface area contributed by atoms with Gasteiger partial charge in [0.15, 0.2) is 5.69 Å². The summed E-state index contributed by atoms with van der Waals surface area (Å²) in [7, 11) is -2.21. The van der Waals surface area contributed by atoms with Crippen LogP contribution < -0.4 is 10.7 Å². The minimum Gasteiger partial charge on any atom is -0.320 e. The van der Waals surface area contributed by atoms with Crippen LogP contribution in [0.2, 0.25) is 0 Å². The molecular weight excluding hydrogens is 464 g/mol. The van der Waals surface area contributed by atoms with Crippen LogP contribution in [0, 0.1) is 6.92 Å². The number of nitrogens with zero attached hydrogens (tertiary/aromatic N) is 3. The molecule has 4 aromatic rings. The Hall–Kier alpha value is -4.08. The summed E-state index contributed by atoms with van der Waals surface area (Å²) in [6, 6.07) is 23.8. The molecular formula is C26H24N4O4S. The number of hydrogen-bond donors (Lipinski definition) is 1. The molecule has 0 spiro atoms. The number of carbonyl (C=O) groups is 1. The summed E-state index contributed by atoms with van der Waals surface area (Å²) in [5, 5.41) is 6.79. The van der Waals surface area contributed by atoms with Crippen molar-refractivity contribution >= 4 is 21.6 Å². The van der Waals surface area contributed by atoms with Crippen LogP contribution >= 0.6 is 0 Å². The first-order valence-electron chi connectivity index (χ1n) is 10.8. The molecule has 9 heteroatoms. The molecule has 0 unspecified atom stereocenters. The largest absolute Gasteiger partial charge is 0.320 e. The molecule has 0 atom stereocenters. The third-order valence-corrected chi connectivity index (χ3v) is 7.21. The average Bonchev–Trinajstić information content (AvgIpc) is 2.86. The van der Waals surface area contributed by atoms with E-state index >= 15 is 0 Å². The van der Waals surface area contributed by atoms with Crippen molar-refractivity contribution in [2.75, 3.05) is 12.4 Å². The number of anilines is 1. The fourth-order valence-electron chi connectivity index (χ4n) is 3.41. The zero-order chi connectivity index (χ0) is 25.0. The summed E-state index contributed by atoms with van der Waals surface area (Å²) in [6.07, 6.45) is 1.50. The summed E-state index contributed by atoms with van der Waals surface area (Å²) in [5.74, 6) is -0.687. The lowest BCUT2D eigenvalue weighted by molar-refractivity contribution is 0.101. The summed E-state index contributed by atoms with van der Waals surface area (Å²) < 4.78 is 28.5. The van der Waals surface area contributed by atoms with Crippen LogP contribution in [-0.4, -0.2) is 35.5 Å². The highest BCUT2D eigenvalue weighted by molar-refractivity contribution is 7.89. The molecule has 4 rings (SSSR count). The Morgan fingerprint density at radius 3 is 2.26 bits per heavy atom. The molecule has 1 amide bonds. The number of carbonyl (C=O) groups excluding carboxylic acids is 1. The van der Waals surface area contributed by atoms with Gasteiger partial charge in [0, 0.05) is 31.5 Å². The van der Waals surface area contributed by atoms with Gasteiger partial charge in [0.25, 0.3) is 5.91 Å². The molecule has 178 valence electrons. The van der Waals surface area contributed by atoms with Gasteiger partial charge in [0.05, 0.1) is 10.6 Å². The van der Waals surface area contributed by atoms with E-state index in [4.69, 9.17) is 0 Å². The predicted octanol–water partition coefficient (Wildman–Crippen LogP) is 3.61. The summed E-state index contributed by atoms with van der Waals surface area (Å²) in [4.78, 5) is 25.1. The van der Waals surface area contributed by atoms with Gasteiger partial charge in [-0.05, 0) is 48.9 Å². The maximum Gasteiger partial charge on any atom is 0.280 e. The summed E-state index contributed by atoms with van der Waals surface area (Å²) in [5.41, 5.74) is 2.20. The molecule has 3 aromatic carbocycles. The minimum atomic E-state index is -3.73. The first kappa shape index (κ1) is 24.1. The standard InChI is InChI=1S/C26H24N4O4S/c1-19-8-12-22(13-9-19)30-17-16-24(31)25(28-30)26(32)27-21-10-14-23(15-11-21)35(33,34)29(2)18-20-6-4-3-5-7-20/h3-17H,18H2,1-2H3,(H,27,32). The number of hydrogen-bond acceptors (Lipinski definition) is 5. The van der Waals surface area contributed by atoms with Gasteiger partial charge in [-0.2, -0.15) is 9.40 Å². The Morgan fingerprint density at radius 1 is 0.943 bits per heavy atom. The summed E-state index contributed by atoms with van der Waals surface area (Å²) in [6.45, 7) is 2.19. The van der Waals surface area contributed by atoms with Crippen molar-refractivity contribution in [1.29, 1.82) is 0 Å². The number of aromatic nitrogens is 2. The smallest absolute Gasteiger partial charge is 0.280 e. The molecule has 1 heterocycles. The van der Waals surface area contributed by atoms with Gasteiger partial charge >= 0.3 is 0 Å². The van der Waals surface area contributed by atoms with Crippen LogP contribution in [0.5, 0.6) is 0 Å². The van der Waals surface area contributed by atoms with Crippen LogP contribution in [0.15, 0.2) is 101 Å². The van der Waals surface area contributed by atoms with E-state index in [1.165, 1.54) is 52.6 Å². The monoisotopic (exact) mass is 488 g/mol. The van der Waals surface area contributed by atoms with E-state index in [0.717, 1.165) is 11.1 Å². The maximum atomic E-state index is 12.9. The topological polar surface area (TPSA) is 101 Å². The highest BCUT2D eigenvalue weighted by atomic mass is 32.2. The molecule has 1 aromatic heterocycles. The molecule has 0 radical (unpaired) electrons. The van der Waals surface area contributed by atoms with Crippen molar-refractivity contribution in [3.05, 3.63) is 118 Å². The van der Waals surface area contributed by atoms with E-state index in [-0.39, 0.29) is 17.1 Å². The van der Waals surface area contributed by atoms with E-state index in [0.29, 0.717) is 11.4 Å². The number of benzene rings is 3. The van der Waals surface area contributed by atoms with Gasteiger partial charge in [-0.15, -0.1) is 0 Å². The number of rotatable bonds is 7. The fraction of sp³-hybridized carbons (Fsp3) is 0.115. The third-order valence-electron chi connectivity index (χ3n) is 5.39. The van der Waals surface area contributed by atoms with Crippen molar-refractivity contribution in [3.63, 3.8) is 0 Å². The van der Waals surface area contributed by atoms with Gasteiger partial charge in [0.1, 0.15) is 0 Å². The molecule has 35 heavy (non-hydrogen) atoms. The first-order chi connectivity index (χ1) is 16.7. The van der Waals surface area contributed by atoms with Crippen molar-refractivity contribution in [2.24, 2.45) is 0 Å². The number of sulfonamides is 1. The molecule has 0 saturated heterocycles. The zero-order valence-electron chi connectivity index (χ0n) is 19.3. The minimum absolute atomic E-state index is 0.0912. The first-order valence-corrected chi connectivity index (χ1v) is 12.3. The second-order valence-electron chi connectivity index (χ2n) is 8.03. The maximum absolute atomic E-state index is 12.9. The van der Waals surface area contributed by atoms with E-state index < -0.39 is 21.4 Å². The molecule has 0 aliphatic heterocycles. The van der Waals surface area contributed by atoms with Gasteiger partial charge in [-0.1, -0.05) is 48.0 Å². The lowest BCUT2D eigenvalue weighted by atomic mass is 10.2. The highest BCUT2D eigenvalue weighted by Crippen LogP contribution is 2.19. The molecule has 8 nitrogen and oxygen atoms in total. The van der Waals surface area contributed by atoms with Crippen LogP contribution in [0.3, 0.4) is 0 Å². The molecule has 0 aliphatic carbocycles. The van der Waals surface area contributed by atoms with E-state index in [2.05, 4.69) is 10.4 Å². The van der Waals surface area contributed by atoms with Crippen LogP contribution in [0.25, 0.3) is 5.69 Å². The molecule has 0 saturated carbocycles. The lowest BCUT2D eigenvalue weighted by Crippen LogP contribution is -2.27. The highest BCUT2D eigenvalue weighted by Gasteiger charge is 2.21. The van der Waals surface area contributed by atoms with Crippen LogP contribution in [0.1, 0.15) is 21.6 Å². The SMILES string of the molecule is Cc1ccc(-n2ccc(=O)c(C(=O)Nc3ccc(S(=O)(=O)N(C)Cc4ccccc4)cc3)n2)cc1.